The van der Waals surface area contributed by atoms with E-state index in [0.29, 0.717) is 11.6 Å². The Kier molecular flexibility index (Phi) is 3.82. The van der Waals surface area contributed by atoms with E-state index in [1.54, 1.807) is 18.9 Å². The molecule has 0 saturated carbocycles. The van der Waals surface area contributed by atoms with Gasteiger partial charge in [-0.3, -0.25) is 9.36 Å². The summed E-state index contributed by atoms with van der Waals surface area (Å²) in [5.41, 5.74) is 1.64. The number of carbonyl (C=O) groups excluding carboxylic acids is 1. The molecule has 1 atom stereocenters. The molecule has 0 aliphatic carbocycles. The molecule has 0 spiro atoms. The zero-order valence-corrected chi connectivity index (χ0v) is 13.2. The predicted molar refractivity (Wildman–Crippen MR) is 87.8 cm³/mol. The van der Waals surface area contributed by atoms with Crippen LogP contribution in [0.1, 0.15) is 29.2 Å². The van der Waals surface area contributed by atoms with Gasteiger partial charge < -0.3 is 9.47 Å². The van der Waals surface area contributed by atoms with Crippen molar-refractivity contribution in [3.63, 3.8) is 0 Å². The lowest BCUT2D eigenvalue weighted by atomic mass is 10.0. The van der Waals surface area contributed by atoms with Crippen molar-refractivity contribution in [2.75, 3.05) is 13.1 Å². The Morgan fingerprint density at radius 2 is 1.88 bits per heavy atom. The van der Waals surface area contributed by atoms with Crippen LogP contribution in [0.2, 0.25) is 0 Å². The highest BCUT2D eigenvalue weighted by Crippen LogP contribution is 2.23. The molecule has 1 fully saturated rings. The molecule has 122 valence electrons. The van der Waals surface area contributed by atoms with Gasteiger partial charge in [0, 0.05) is 36.7 Å². The molecule has 0 N–H and O–H groups in total. The zero-order valence-electron chi connectivity index (χ0n) is 13.2. The minimum Gasteiger partial charge on any atom is -0.337 e. The van der Waals surface area contributed by atoms with E-state index in [0.717, 1.165) is 31.6 Å². The fourth-order valence-electron chi connectivity index (χ4n) is 3.16. The average Bonchev–Trinajstić information content (AvgIpc) is 3.35. The first kappa shape index (κ1) is 14.6. The van der Waals surface area contributed by atoms with Crippen LogP contribution in [-0.4, -0.2) is 48.2 Å². The lowest BCUT2D eigenvalue weighted by Gasteiger charge is -2.33. The fraction of sp³-hybridized carbons (Fsp3) is 0.294. The number of aromatic nitrogens is 5. The number of hydrogen-bond acceptors (Lipinski definition) is 4. The van der Waals surface area contributed by atoms with Crippen LogP contribution in [-0.2, 0) is 0 Å². The number of carbonyl (C=O) groups is 1. The molecule has 1 unspecified atom stereocenters. The summed E-state index contributed by atoms with van der Waals surface area (Å²) in [6.07, 6.45) is 10.9. The number of nitrogens with zero attached hydrogens (tertiary/aromatic N) is 6. The average molecular weight is 322 g/mol. The van der Waals surface area contributed by atoms with Gasteiger partial charge in [-0.15, -0.1) is 10.2 Å². The normalized spacial score (nSPS) is 17.8. The predicted octanol–water partition coefficient (Wildman–Crippen LogP) is 1.94. The molecule has 7 nitrogen and oxygen atoms in total. The molecule has 1 saturated heterocycles. The first-order valence-corrected chi connectivity index (χ1v) is 8.03. The summed E-state index contributed by atoms with van der Waals surface area (Å²) in [7, 11) is 0. The maximum atomic E-state index is 12.8. The second kappa shape index (κ2) is 6.27. The van der Waals surface area contributed by atoms with Gasteiger partial charge in [0.15, 0.2) is 0 Å². The van der Waals surface area contributed by atoms with Gasteiger partial charge in [-0.2, -0.15) is 0 Å². The largest absolute Gasteiger partial charge is 0.337 e. The van der Waals surface area contributed by atoms with Crippen molar-refractivity contribution >= 4 is 5.91 Å². The van der Waals surface area contributed by atoms with Gasteiger partial charge in [0.25, 0.3) is 5.91 Å². The van der Waals surface area contributed by atoms with Crippen molar-refractivity contribution < 1.29 is 4.79 Å². The summed E-state index contributed by atoms with van der Waals surface area (Å²) in [5.74, 6) is 0.0788. The van der Waals surface area contributed by atoms with Crippen molar-refractivity contribution in [1.82, 2.24) is 29.2 Å². The Morgan fingerprint density at radius 1 is 1.08 bits per heavy atom. The van der Waals surface area contributed by atoms with Gasteiger partial charge in [-0.1, -0.05) is 0 Å². The Bertz CT molecular complexity index is 794. The van der Waals surface area contributed by atoms with Crippen molar-refractivity contribution in [3.05, 3.63) is 61.2 Å². The summed E-state index contributed by atoms with van der Waals surface area (Å²) in [5, 5.41) is 7.59. The Morgan fingerprint density at radius 3 is 2.58 bits per heavy atom. The van der Waals surface area contributed by atoms with Crippen LogP contribution in [0, 0.1) is 0 Å². The molecule has 3 aromatic rings. The highest BCUT2D eigenvalue weighted by atomic mass is 16.2. The number of amides is 1. The van der Waals surface area contributed by atoms with Gasteiger partial charge in [-0.05, 0) is 37.1 Å². The second-order valence-electron chi connectivity index (χ2n) is 5.97. The van der Waals surface area contributed by atoms with Gasteiger partial charge >= 0.3 is 0 Å². The van der Waals surface area contributed by atoms with Crippen molar-refractivity contribution in [3.8, 4) is 5.69 Å². The van der Waals surface area contributed by atoms with Gasteiger partial charge in [0.1, 0.15) is 12.7 Å². The number of likely N-dealkylation sites (tertiary alicyclic amines) is 1. The molecule has 24 heavy (non-hydrogen) atoms. The van der Waals surface area contributed by atoms with E-state index in [1.807, 2.05) is 46.3 Å². The summed E-state index contributed by atoms with van der Waals surface area (Å²) in [4.78, 5) is 18.8. The topological polar surface area (TPSA) is 68.8 Å². The van der Waals surface area contributed by atoms with E-state index in [-0.39, 0.29) is 5.91 Å². The van der Waals surface area contributed by atoms with E-state index in [2.05, 4.69) is 19.7 Å². The highest BCUT2D eigenvalue weighted by molar-refractivity contribution is 5.94. The van der Waals surface area contributed by atoms with Crippen LogP contribution in [0.3, 0.4) is 0 Å². The maximum Gasteiger partial charge on any atom is 0.253 e. The van der Waals surface area contributed by atoms with E-state index in [9.17, 15) is 4.79 Å². The molecule has 1 aromatic carbocycles. The molecule has 4 rings (SSSR count). The van der Waals surface area contributed by atoms with Crippen LogP contribution in [0.25, 0.3) is 5.69 Å². The van der Waals surface area contributed by atoms with Crippen LogP contribution in [0.4, 0.5) is 0 Å². The summed E-state index contributed by atoms with van der Waals surface area (Å²) in [6.45, 7) is 1.53. The minimum absolute atomic E-state index is 0.0788. The van der Waals surface area contributed by atoms with Gasteiger partial charge in [0.05, 0.1) is 12.4 Å². The molecular weight excluding hydrogens is 304 g/mol. The third-order valence-electron chi connectivity index (χ3n) is 4.46. The molecule has 1 aliphatic rings. The van der Waals surface area contributed by atoms with Gasteiger partial charge in [0.2, 0.25) is 0 Å². The molecule has 1 aliphatic heterocycles. The molecule has 3 heterocycles. The lowest BCUT2D eigenvalue weighted by molar-refractivity contribution is 0.0679. The third-order valence-corrected chi connectivity index (χ3v) is 4.46. The Balaban J connectivity index is 1.49. The summed E-state index contributed by atoms with van der Waals surface area (Å²) >= 11 is 0. The monoisotopic (exact) mass is 322 g/mol. The highest BCUT2D eigenvalue weighted by Gasteiger charge is 2.25. The smallest absolute Gasteiger partial charge is 0.253 e. The first-order valence-electron chi connectivity index (χ1n) is 8.03. The molecule has 7 heteroatoms. The lowest BCUT2D eigenvalue weighted by Crippen LogP contribution is -2.40. The van der Waals surface area contributed by atoms with Crippen LogP contribution >= 0.6 is 0 Å². The number of hydrogen-bond donors (Lipinski definition) is 0. The number of rotatable bonds is 3. The van der Waals surface area contributed by atoms with E-state index < -0.39 is 0 Å². The fourth-order valence-corrected chi connectivity index (χ4v) is 3.16. The quantitative estimate of drug-likeness (QED) is 0.739. The number of imidazole rings is 1. The second-order valence-corrected chi connectivity index (χ2v) is 5.97. The number of piperidine rings is 1. The van der Waals surface area contributed by atoms with Gasteiger partial charge in [-0.25, -0.2) is 4.98 Å². The summed E-state index contributed by atoms with van der Waals surface area (Å²) in [6, 6.07) is 7.85. The molecule has 2 aromatic heterocycles. The molecular formula is C17H18N6O. The first-order chi connectivity index (χ1) is 11.8. The summed E-state index contributed by atoms with van der Waals surface area (Å²) < 4.78 is 3.90. The van der Waals surface area contributed by atoms with Crippen LogP contribution in [0.15, 0.2) is 55.6 Å². The zero-order chi connectivity index (χ0) is 16.4. The van der Waals surface area contributed by atoms with Crippen molar-refractivity contribution in [1.29, 1.82) is 0 Å². The minimum atomic E-state index is 0.0788. The van der Waals surface area contributed by atoms with Crippen molar-refractivity contribution in [2.45, 2.75) is 18.9 Å². The molecule has 0 radical (unpaired) electrons. The van der Waals surface area contributed by atoms with E-state index in [4.69, 9.17) is 0 Å². The Labute approximate surface area is 139 Å². The Hall–Kier alpha value is -2.96. The number of benzene rings is 1. The third kappa shape index (κ3) is 2.80. The standard InChI is InChI=1S/C17H18N6O/c24-17(14-3-5-15(6-4-14)23-12-19-20-13-23)21-8-1-2-16(10-21)22-9-7-18-11-22/h3-7,9,11-13,16H,1-2,8,10H2. The maximum absolute atomic E-state index is 12.8. The molecule has 0 bridgehead atoms. The van der Waals surface area contributed by atoms with Crippen LogP contribution in [0.5, 0.6) is 0 Å². The SMILES string of the molecule is O=C(c1ccc(-n2cnnc2)cc1)N1CCCC(n2ccnc2)C1. The van der Waals surface area contributed by atoms with E-state index >= 15 is 0 Å². The van der Waals surface area contributed by atoms with E-state index in [1.165, 1.54) is 0 Å². The van der Waals surface area contributed by atoms with Crippen molar-refractivity contribution in [2.24, 2.45) is 0 Å². The molecule has 1 amide bonds. The van der Waals surface area contributed by atoms with Crippen LogP contribution < -0.4 is 0 Å².